The summed E-state index contributed by atoms with van der Waals surface area (Å²) in [6, 6.07) is 14.8. The van der Waals surface area contributed by atoms with Crippen molar-refractivity contribution in [2.24, 2.45) is 0 Å². The van der Waals surface area contributed by atoms with E-state index in [1.807, 2.05) is 49.4 Å². The summed E-state index contributed by atoms with van der Waals surface area (Å²) in [7, 11) is 0. The molecular weight excluding hydrogens is 314 g/mol. The molecule has 0 aromatic heterocycles. The number of rotatable bonds is 8. The lowest BCUT2D eigenvalue weighted by Crippen LogP contribution is -2.30. The fourth-order valence-corrected chi connectivity index (χ4v) is 2.31. The average Bonchev–Trinajstić information content (AvgIpc) is 2.61. The molecule has 0 aliphatic heterocycles. The van der Waals surface area contributed by atoms with Gasteiger partial charge in [-0.15, -0.1) is 0 Å². The van der Waals surface area contributed by atoms with Crippen LogP contribution in [0.4, 0.5) is 11.4 Å². The Labute approximate surface area is 148 Å². The predicted molar refractivity (Wildman–Crippen MR) is 102 cm³/mol. The van der Waals surface area contributed by atoms with E-state index in [1.165, 1.54) is 0 Å². The van der Waals surface area contributed by atoms with Gasteiger partial charge in [0.1, 0.15) is 0 Å². The highest BCUT2D eigenvalue weighted by molar-refractivity contribution is 6.04. The third kappa shape index (κ3) is 6.30. The van der Waals surface area contributed by atoms with Crippen LogP contribution in [0, 0.1) is 6.92 Å². The first-order valence-electron chi connectivity index (χ1n) is 8.57. The van der Waals surface area contributed by atoms with Gasteiger partial charge in [0.25, 0.3) is 5.91 Å². The molecule has 5 heteroatoms. The molecule has 2 aromatic carbocycles. The second-order valence-corrected chi connectivity index (χ2v) is 5.96. The van der Waals surface area contributed by atoms with Crippen molar-refractivity contribution in [3.8, 4) is 0 Å². The van der Waals surface area contributed by atoms with E-state index in [4.69, 9.17) is 0 Å². The molecule has 0 aliphatic rings. The summed E-state index contributed by atoms with van der Waals surface area (Å²) in [5.41, 5.74) is 3.22. The number of amides is 2. The summed E-state index contributed by atoms with van der Waals surface area (Å²) >= 11 is 0. The molecule has 0 saturated heterocycles. The number of anilines is 2. The molecule has 5 nitrogen and oxygen atoms in total. The van der Waals surface area contributed by atoms with Gasteiger partial charge in [0.2, 0.25) is 5.91 Å². The molecule has 25 heavy (non-hydrogen) atoms. The largest absolute Gasteiger partial charge is 0.376 e. The maximum atomic E-state index is 12.2. The van der Waals surface area contributed by atoms with Crippen molar-refractivity contribution in [1.29, 1.82) is 0 Å². The highest BCUT2D eigenvalue weighted by Crippen LogP contribution is 2.15. The lowest BCUT2D eigenvalue weighted by Gasteiger charge is -2.09. The van der Waals surface area contributed by atoms with Gasteiger partial charge < -0.3 is 16.0 Å². The van der Waals surface area contributed by atoms with Crippen LogP contribution in [0.5, 0.6) is 0 Å². The molecule has 2 aromatic rings. The van der Waals surface area contributed by atoms with E-state index in [0.29, 0.717) is 17.8 Å². The minimum absolute atomic E-state index is 0.0229. The van der Waals surface area contributed by atoms with E-state index >= 15 is 0 Å². The molecule has 2 rings (SSSR count). The van der Waals surface area contributed by atoms with Crippen LogP contribution in [-0.2, 0) is 4.79 Å². The predicted octanol–water partition coefficient (Wildman–Crippen LogP) is 3.58. The van der Waals surface area contributed by atoms with Crippen LogP contribution >= 0.6 is 0 Å². The third-order valence-electron chi connectivity index (χ3n) is 3.73. The van der Waals surface area contributed by atoms with Gasteiger partial charge in [0, 0.05) is 23.5 Å². The van der Waals surface area contributed by atoms with E-state index in [2.05, 4.69) is 22.9 Å². The zero-order valence-corrected chi connectivity index (χ0v) is 14.8. The lowest BCUT2D eigenvalue weighted by molar-refractivity contribution is -0.119. The van der Waals surface area contributed by atoms with Gasteiger partial charge in [-0.2, -0.15) is 0 Å². The molecule has 0 spiro atoms. The van der Waals surface area contributed by atoms with Gasteiger partial charge in [-0.1, -0.05) is 31.0 Å². The number of nitrogens with one attached hydrogen (secondary N) is 3. The summed E-state index contributed by atoms with van der Waals surface area (Å²) in [6.45, 7) is 4.99. The molecule has 0 bridgehead atoms. The molecule has 0 atom stereocenters. The van der Waals surface area contributed by atoms with Crippen LogP contribution in [0.3, 0.4) is 0 Å². The smallest absolute Gasteiger partial charge is 0.255 e. The zero-order valence-electron chi connectivity index (χ0n) is 14.8. The minimum atomic E-state index is -0.139. The quantitative estimate of drug-likeness (QED) is 0.644. The van der Waals surface area contributed by atoms with Gasteiger partial charge in [0.15, 0.2) is 0 Å². The van der Waals surface area contributed by atoms with Crippen molar-refractivity contribution in [3.05, 3.63) is 59.7 Å². The molecule has 0 aliphatic carbocycles. The van der Waals surface area contributed by atoms with Crippen LogP contribution < -0.4 is 16.0 Å². The second kappa shape index (κ2) is 9.47. The van der Waals surface area contributed by atoms with E-state index in [0.717, 1.165) is 24.1 Å². The number of hydrogen-bond acceptors (Lipinski definition) is 3. The highest BCUT2D eigenvalue weighted by atomic mass is 16.2. The summed E-state index contributed by atoms with van der Waals surface area (Å²) in [6.07, 6.45) is 2.05. The van der Waals surface area contributed by atoms with Crippen LogP contribution in [0.15, 0.2) is 48.5 Å². The Balaban J connectivity index is 1.83. The molecule has 0 fully saturated rings. The molecule has 0 radical (unpaired) electrons. The standard InChI is InChI=1S/C20H25N3O2/c1-3-4-12-21-19(24)14-22-17-8-10-18(11-9-17)23-20(25)16-7-5-6-15(2)13-16/h5-11,13,22H,3-4,12,14H2,1-2H3,(H,21,24)(H,23,25). The van der Waals surface area contributed by atoms with Crippen molar-refractivity contribution < 1.29 is 9.59 Å². The van der Waals surface area contributed by atoms with E-state index in [9.17, 15) is 9.59 Å². The Morgan fingerprint density at radius 2 is 1.72 bits per heavy atom. The SMILES string of the molecule is CCCCNC(=O)CNc1ccc(NC(=O)c2cccc(C)c2)cc1. The summed E-state index contributed by atoms with van der Waals surface area (Å²) < 4.78 is 0. The fourth-order valence-electron chi connectivity index (χ4n) is 2.31. The molecule has 2 amide bonds. The number of hydrogen-bond donors (Lipinski definition) is 3. The second-order valence-electron chi connectivity index (χ2n) is 5.96. The maximum Gasteiger partial charge on any atom is 0.255 e. The Hall–Kier alpha value is -2.82. The van der Waals surface area contributed by atoms with Gasteiger partial charge in [-0.3, -0.25) is 9.59 Å². The Kier molecular flexibility index (Phi) is 7.01. The Morgan fingerprint density at radius 1 is 1.00 bits per heavy atom. The van der Waals surface area contributed by atoms with E-state index < -0.39 is 0 Å². The molecule has 132 valence electrons. The Morgan fingerprint density at radius 3 is 2.40 bits per heavy atom. The maximum absolute atomic E-state index is 12.2. The first kappa shape index (κ1) is 18.5. The monoisotopic (exact) mass is 339 g/mol. The number of aryl methyl sites for hydroxylation is 1. The van der Waals surface area contributed by atoms with Gasteiger partial charge >= 0.3 is 0 Å². The summed E-state index contributed by atoms with van der Waals surface area (Å²) in [4.78, 5) is 23.9. The van der Waals surface area contributed by atoms with Crippen molar-refractivity contribution in [2.45, 2.75) is 26.7 Å². The molecular formula is C20H25N3O2. The van der Waals surface area contributed by atoms with Crippen molar-refractivity contribution in [3.63, 3.8) is 0 Å². The minimum Gasteiger partial charge on any atom is -0.376 e. The Bertz CT molecular complexity index is 711. The van der Waals surface area contributed by atoms with Crippen LogP contribution in [0.1, 0.15) is 35.7 Å². The average molecular weight is 339 g/mol. The molecule has 3 N–H and O–H groups in total. The first-order valence-corrected chi connectivity index (χ1v) is 8.57. The van der Waals surface area contributed by atoms with Crippen molar-refractivity contribution in [1.82, 2.24) is 5.32 Å². The number of benzene rings is 2. The van der Waals surface area contributed by atoms with Gasteiger partial charge in [0.05, 0.1) is 6.54 Å². The molecule has 0 unspecified atom stereocenters. The number of carbonyl (C=O) groups is 2. The molecule has 0 saturated carbocycles. The fraction of sp³-hybridized carbons (Fsp3) is 0.300. The normalized spacial score (nSPS) is 10.2. The zero-order chi connectivity index (χ0) is 18.1. The number of carbonyl (C=O) groups excluding carboxylic acids is 2. The van der Waals surface area contributed by atoms with Crippen LogP contribution in [0.2, 0.25) is 0 Å². The van der Waals surface area contributed by atoms with E-state index in [1.54, 1.807) is 6.07 Å². The third-order valence-corrected chi connectivity index (χ3v) is 3.73. The van der Waals surface area contributed by atoms with Gasteiger partial charge in [-0.05, 0) is 49.7 Å². The topological polar surface area (TPSA) is 70.2 Å². The summed E-state index contributed by atoms with van der Waals surface area (Å²) in [5, 5.41) is 8.79. The summed E-state index contributed by atoms with van der Waals surface area (Å²) in [5.74, 6) is -0.162. The van der Waals surface area contributed by atoms with Gasteiger partial charge in [-0.25, -0.2) is 0 Å². The first-order chi connectivity index (χ1) is 12.1. The van der Waals surface area contributed by atoms with Crippen molar-refractivity contribution in [2.75, 3.05) is 23.7 Å². The molecule has 0 heterocycles. The lowest BCUT2D eigenvalue weighted by atomic mass is 10.1. The highest BCUT2D eigenvalue weighted by Gasteiger charge is 2.06. The van der Waals surface area contributed by atoms with Crippen LogP contribution in [-0.4, -0.2) is 24.9 Å². The van der Waals surface area contributed by atoms with Crippen molar-refractivity contribution >= 4 is 23.2 Å². The van der Waals surface area contributed by atoms with Crippen LogP contribution in [0.25, 0.3) is 0 Å². The number of unbranched alkanes of at least 4 members (excludes halogenated alkanes) is 1. The van der Waals surface area contributed by atoms with E-state index in [-0.39, 0.29) is 18.4 Å².